The lowest BCUT2D eigenvalue weighted by molar-refractivity contribution is -0.139. The van der Waals surface area contributed by atoms with Crippen LogP contribution in [0.2, 0.25) is 0 Å². The van der Waals surface area contributed by atoms with Gasteiger partial charge >= 0.3 is 0 Å². The van der Waals surface area contributed by atoms with E-state index in [2.05, 4.69) is 0 Å². The van der Waals surface area contributed by atoms with Crippen LogP contribution in [0.3, 0.4) is 0 Å². The molecule has 2 saturated heterocycles. The molecule has 0 radical (unpaired) electrons. The first-order chi connectivity index (χ1) is 12.5. The summed E-state index contributed by atoms with van der Waals surface area (Å²) >= 11 is 0. The topological polar surface area (TPSA) is 43.8 Å². The third-order valence-electron chi connectivity index (χ3n) is 6.48. The summed E-state index contributed by atoms with van der Waals surface area (Å²) in [5.74, 6) is -0.961. The smallest absolute Gasteiger partial charge is 0.230 e. The molecule has 1 aliphatic carbocycles. The summed E-state index contributed by atoms with van der Waals surface area (Å²) in [6.45, 7) is 1.94. The molecule has 1 spiro atoms. The first-order valence-electron chi connectivity index (χ1n) is 9.68. The number of halogens is 2. The predicted octanol–water partition coefficient (Wildman–Crippen LogP) is 3.09. The fourth-order valence-corrected chi connectivity index (χ4v) is 5.02. The van der Waals surface area contributed by atoms with E-state index < -0.39 is 17.0 Å². The molecule has 1 N–H and O–H groups in total. The average molecular weight is 364 g/mol. The van der Waals surface area contributed by atoms with Gasteiger partial charge in [-0.1, -0.05) is 0 Å². The zero-order chi connectivity index (χ0) is 18.3. The summed E-state index contributed by atoms with van der Waals surface area (Å²) in [5, 5.41) is 9.71. The fraction of sp³-hybridized carbons (Fsp3) is 0.650. The first-order valence-corrected chi connectivity index (χ1v) is 9.68. The number of rotatable bonds is 2. The van der Waals surface area contributed by atoms with Gasteiger partial charge in [-0.25, -0.2) is 8.78 Å². The Bertz CT molecular complexity index is 690. The molecule has 1 atom stereocenters. The lowest BCUT2D eigenvalue weighted by Gasteiger charge is -2.41. The second-order valence-corrected chi connectivity index (χ2v) is 8.11. The van der Waals surface area contributed by atoms with Crippen LogP contribution in [0.1, 0.15) is 44.9 Å². The minimum absolute atomic E-state index is 0.186. The number of aliphatic hydroxyl groups is 1. The van der Waals surface area contributed by atoms with Crippen LogP contribution in [0.4, 0.5) is 14.5 Å². The van der Waals surface area contributed by atoms with Gasteiger partial charge in [0, 0.05) is 31.7 Å². The van der Waals surface area contributed by atoms with Crippen LogP contribution in [-0.2, 0) is 4.79 Å². The molecule has 0 bridgehead atoms. The van der Waals surface area contributed by atoms with E-state index in [4.69, 9.17) is 0 Å². The van der Waals surface area contributed by atoms with Gasteiger partial charge in [0.2, 0.25) is 5.91 Å². The molecule has 3 fully saturated rings. The number of carbonyl (C=O) groups is 1. The summed E-state index contributed by atoms with van der Waals surface area (Å²) in [4.78, 5) is 17.2. The van der Waals surface area contributed by atoms with E-state index in [0.29, 0.717) is 18.8 Å². The van der Waals surface area contributed by atoms with Crippen LogP contribution >= 0.6 is 0 Å². The number of hydrogen-bond donors (Lipinski definition) is 1. The van der Waals surface area contributed by atoms with Crippen molar-refractivity contribution in [3.05, 3.63) is 29.8 Å². The molecule has 1 saturated carbocycles. The van der Waals surface area contributed by atoms with Gasteiger partial charge in [-0.15, -0.1) is 0 Å². The molecular weight excluding hydrogens is 338 g/mol. The second-order valence-electron chi connectivity index (χ2n) is 8.11. The van der Waals surface area contributed by atoms with E-state index in [9.17, 15) is 18.7 Å². The highest BCUT2D eigenvalue weighted by atomic mass is 19.1. The van der Waals surface area contributed by atoms with E-state index >= 15 is 0 Å². The highest BCUT2D eigenvalue weighted by Crippen LogP contribution is 2.43. The number of hydrogen-bond acceptors (Lipinski definition) is 3. The SMILES string of the molecule is O=C1N(C2CCC(O)CC2)CCC12CCCN(c1ccc(F)cc1F)C2. The van der Waals surface area contributed by atoms with Crippen molar-refractivity contribution < 1.29 is 18.7 Å². The van der Waals surface area contributed by atoms with Gasteiger partial charge < -0.3 is 14.9 Å². The van der Waals surface area contributed by atoms with E-state index in [1.54, 1.807) is 0 Å². The minimum atomic E-state index is -0.583. The molecule has 2 aliphatic heterocycles. The molecular formula is C20H26F2N2O2. The van der Waals surface area contributed by atoms with Crippen molar-refractivity contribution in [3.8, 4) is 0 Å². The Morgan fingerprint density at radius 3 is 2.58 bits per heavy atom. The number of carbonyl (C=O) groups excluding carboxylic acids is 1. The molecule has 1 aromatic rings. The Hall–Kier alpha value is -1.69. The van der Waals surface area contributed by atoms with Crippen molar-refractivity contribution >= 4 is 11.6 Å². The van der Waals surface area contributed by atoms with Crippen molar-refractivity contribution in [1.82, 2.24) is 4.90 Å². The van der Waals surface area contributed by atoms with Gasteiger partial charge in [0.1, 0.15) is 11.6 Å². The van der Waals surface area contributed by atoms with Crippen LogP contribution in [0.25, 0.3) is 0 Å². The molecule has 1 amide bonds. The molecule has 4 rings (SSSR count). The van der Waals surface area contributed by atoms with E-state index in [-0.39, 0.29) is 18.1 Å². The molecule has 1 unspecified atom stereocenters. The maximum absolute atomic E-state index is 14.2. The largest absolute Gasteiger partial charge is 0.393 e. The lowest BCUT2D eigenvalue weighted by Crippen LogP contribution is -2.50. The normalized spacial score (nSPS) is 32.5. The standard InChI is InChI=1S/C20H26F2N2O2/c21-14-2-7-18(17(22)12-14)23-10-1-8-20(13-23)9-11-24(19(20)26)15-3-5-16(25)6-4-15/h2,7,12,15-16,25H,1,3-6,8-11,13H2. The van der Waals surface area contributed by atoms with Crippen molar-refractivity contribution in [1.29, 1.82) is 0 Å². The monoisotopic (exact) mass is 364 g/mol. The number of likely N-dealkylation sites (tertiary alicyclic amines) is 1. The molecule has 4 nitrogen and oxygen atoms in total. The highest BCUT2D eigenvalue weighted by Gasteiger charge is 2.50. The maximum atomic E-state index is 14.2. The quantitative estimate of drug-likeness (QED) is 0.877. The highest BCUT2D eigenvalue weighted by molar-refractivity contribution is 5.86. The van der Waals surface area contributed by atoms with Crippen LogP contribution in [-0.4, -0.2) is 47.7 Å². The number of amides is 1. The van der Waals surface area contributed by atoms with Gasteiger partial charge in [-0.05, 0) is 57.1 Å². The molecule has 2 heterocycles. The molecule has 6 heteroatoms. The van der Waals surface area contributed by atoms with Crippen LogP contribution in [0.5, 0.6) is 0 Å². The van der Waals surface area contributed by atoms with Gasteiger partial charge in [-0.2, -0.15) is 0 Å². The zero-order valence-electron chi connectivity index (χ0n) is 15.0. The molecule has 1 aromatic carbocycles. The third kappa shape index (κ3) is 3.08. The maximum Gasteiger partial charge on any atom is 0.230 e. The Kier molecular flexibility index (Phi) is 4.63. The molecule has 3 aliphatic rings. The Morgan fingerprint density at radius 1 is 1.08 bits per heavy atom. The van der Waals surface area contributed by atoms with Crippen molar-refractivity contribution in [2.45, 2.75) is 57.1 Å². The van der Waals surface area contributed by atoms with E-state index in [0.717, 1.165) is 57.6 Å². The van der Waals surface area contributed by atoms with E-state index in [1.165, 1.54) is 12.1 Å². The van der Waals surface area contributed by atoms with Gasteiger partial charge in [0.05, 0.1) is 17.2 Å². The van der Waals surface area contributed by atoms with Crippen LogP contribution in [0, 0.1) is 17.0 Å². The summed E-state index contributed by atoms with van der Waals surface area (Å²) in [6.07, 6.45) is 5.46. The third-order valence-corrected chi connectivity index (χ3v) is 6.48. The summed E-state index contributed by atoms with van der Waals surface area (Å²) in [5.41, 5.74) is -0.0627. The molecule has 0 aromatic heterocycles. The van der Waals surface area contributed by atoms with Crippen molar-refractivity contribution in [3.63, 3.8) is 0 Å². The Balaban J connectivity index is 1.50. The average Bonchev–Trinajstić information content (AvgIpc) is 2.92. The number of nitrogens with zero attached hydrogens (tertiary/aromatic N) is 2. The van der Waals surface area contributed by atoms with Gasteiger partial charge in [0.25, 0.3) is 0 Å². The molecule has 26 heavy (non-hydrogen) atoms. The van der Waals surface area contributed by atoms with Crippen molar-refractivity contribution in [2.75, 3.05) is 24.5 Å². The number of anilines is 1. The van der Waals surface area contributed by atoms with Crippen LogP contribution < -0.4 is 4.90 Å². The second kappa shape index (κ2) is 6.80. The van der Waals surface area contributed by atoms with Crippen LogP contribution in [0.15, 0.2) is 18.2 Å². The Labute approximate surface area is 152 Å². The molecule has 142 valence electrons. The number of benzene rings is 1. The van der Waals surface area contributed by atoms with Gasteiger partial charge in [0.15, 0.2) is 0 Å². The number of aliphatic hydroxyl groups excluding tert-OH is 1. The summed E-state index contributed by atoms with van der Waals surface area (Å²) in [7, 11) is 0. The predicted molar refractivity (Wildman–Crippen MR) is 94.8 cm³/mol. The van der Waals surface area contributed by atoms with Crippen molar-refractivity contribution in [2.24, 2.45) is 5.41 Å². The minimum Gasteiger partial charge on any atom is -0.393 e. The van der Waals surface area contributed by atoms with E-state index in [1.807, 2.05) is 9.80 Å². The van der Waals surface area contributed by atoms with Gasteiger partial charge in [-0.3, -0.25) is 4.79 Å². The summed E-state index contributed by atoms with van der Waals surface area (Å²) < 4.78 is 27.4. The zero-order valence-corrected chi connectivity index (χ0v) is 15.0. The first kappa shape index (κ1) is 17.7. The Morgan fingerprint density at radius 2 is 1.85 bits per heavy atom. The summed E-state index contributed by atoms with van der Waals surface area (Å²) in [6, 6.07) is 3.88. The fourth-order valence-electron chi connectivity index (χ4n) is 5.02. The lowest BCUT2D eigenvalue weighted by atomic mass is 9.78. The number of piperidine rings is 1.